The van der Waals surface area contributed by atoms with Crippen molar-refractivity contribution in [1.29, 1.82) is 0 Å². The molecule has 0 atom stereocenters. The molecule has 0 spiro atoms. The summed E-state index contributed by atoms with van der Waals surface area (Å²) in [5.74, 6) is 0. The van der Waals surface area contributed by atoms with Crippen LogP contribution in [0.15, 0.2) is 59.5 Å². The lowest BCUT2D eigenvalue weighted by atomic mass is 10.0. The minimum atomic E-state index is 0.644. The van der Waals surface area contributed by atoms with Crippen molar-refractivity contribution >= 4 is 46.7 Å². The molecule has 3 rings (SSSR count). The molecule has 0 aliphatic rings. The molecule has 132 valence electrons. The second kappa shape index (κ2) is 8.06. The molecular weight excluding hydrogens is 344 g/mol. The predicted octanol–water partition coefficient (Wildman–Crippen LogP) is 5.04. The van der Waals surface area contributed by atoms with Crippen molar-refractivity contribution in [3.63, 3.8) is 0 Å². The number of fused-ring (bicyclic) bond motifs is 1. The number of benzene rings is 3. The first-order valence-corrected chi connectivity index (χ1v) is 9.20. The summed E-state index contributed by atoms with van der Waals surface area (Å²) in [6, 6.07) is 17.2. The highest BCUT2D eigenvalue weighted by molar-refractivity contribution is 8.00. The van der Waals surface area contributed by atoms with Crippen LogP contribution in [0, 0.1) is 0 Å². The van der Waals surface area contributed by atoms with E-state index in [0.717, 1.165) is 46.2 Å². The highest BCUT2D eigenvalue weighted by Crippen LogP contribution is 2.36. The average Bonchev–Trinajstić information content (AvgIpc) is 2.71. The van der Waals surface area contributed by atoms with Crippen LogP contribution in [-0.2, 0) is 0 Å². The zero-order valence-corrected chi connectivity index (χ0v) is 15.5. The zero-order valence-electron chi connectivity index (χ0n) is 14.7. The Bertz CT molecular complexity index is 956. The predicted molar refractivity (Wildman–Crippen MR) is 110 cm³/mol. The van der Waals surface area contributed by atoms with E-state index in [9.17, 15) is 9.59 Å². The van der Waals surface area contributed by atoms with Crippen LogP contribution in [0.3, 0.4) is 0 Å². The molecule has 0 heterocycles. The lowest BCUT2D eigenvalue weighted by Gasteiger charge is -2.21. The maximum absolute atomic E-state index is 11.6. The third-order valence-corrected chi connectivity index (χ3v) is 5.29. The number of carbonyl (C=O) groups is 2. The number of carbonyl (C=O) groups excluding carboxylic acids is 2. The monoisotopic (exact) mass is 364 g/mol. The maximum atomic E-state index is 11.6. The van der Waals surface area contributed by atoms with Crippen LogP contribution in [0.25, 0.3) is 10.8 Å². The summed E-state index contributed by atoms with van der Waals surface area (Å²) in [5.41, 5.74) is 3.24. The van der Waals surface area contributed by atoms with E-state index in [0.29, 0.717) is 11.1 Å². The highest BCUT2D eigenvalue weighted by Gasteiger charge is 2.13. The van der Waals surface area contributed by atoms with Crippen LogP contribution >= 0.6 is 11.9 Å². The molecule has 0 saturated heterocycles. The Balaban J connectivity index is 2.04. The Morgan fingerprint density at radius 2 is 1.69 bits per heavy atom. The highest BCUT2D eigenvalue weighted by atomic mass is 32.2. The normalized spacial score (nSPS) is 10.5. The van der Waals surface area contributed by atoms with E-state index in [-0.39, 0.29) is 0 Å². The molecule has 0 fully saturated rings. The van der Waals surface area contributed by atoms with Crippen molar-refractivity contribution in [1.82, 2.24) is 0 Å². The van der Waals surface area contributed by atoms with Gasteiger partial charge in [-0.05, 0) is 37.1 Å². The summed E-state index contributed by atoms with van der Waals surface area (Å²) < 4.78 is 3.34. The smallest absolute Gasteiger partial charge is 0.151 e. The summed E-state index contributed by atoms with van der Waals surface area (Å²) in [5, 5.41) is 1.91. The van der Waals surface area contributed by atoms with E-state index in [1.54, 1.807) is 6.07 Å². The van der Waals surface area contributed by atoms with E-state index in [1.165, 1.54) is 11.9 Å². The summed E-state index contributed by atoms with van der Waals surface area (Å²) in [4.78, 5) is 25.8. The first kappa shape index (κ1) is 18.0. The lowest BCUT2D eigenvalue weighted by molar-refractivity contribution is 0.111. The number of hydrogen-bond acceptors (Lipinski definition) is 5. The SMILES string of the molecule is CCN(C)c1ccc(NSc2ccccc2C=O)c2cccc(C=O)c12. The second-order valence-electron chi connectivity index (χ2n) is 5.89. The quantitative estimate of drug-likeness (QED) is 0.470. The molecule has 4 nitrogen and oxygen atoms in total. The van der Waals surface area contributed by atoms with Gasteiger partial charge in [-0.15, -0.1) is 0 Å². The Morgan fingerprint density at radius 3 is 2.42 bits per heavy atom. The van der Waals surface area contributed by atoms with Gasteiger partial charge in [0.15, 0.2) is 12.6 Å². The van der Waals surface area contributed by atoms with E-state index >= 15 is 0 Å². The minimum absolute atomic E-state index is 0.644. The fraction of sp³-hybridized carbons (Fsp3) is 0.143. The largest absolute Gasteiger partial charge is 0.374 e. The molecule has 3 aromatic carbocycles. The van der Waals surface area contributed by atoms with Crippen molar-refractivity contribution in [2.75, 3.05) is 23.2 Å². The van der Waals surface area contributed by atoms with Gasteiger partial charge in [-0.2, -0.15) is 0 Å². The second-order valence-corrected chi connectivity index (χ2v) is 6.74. The number of aldehydes is 2. The Labute approximate surface area is 157 Å². The van der Waals surface area contributed by atoms with E-state index in [1.807, 2.05) is 55.6 Å². The zero-order chi connectivity index (χ0) is 18.5. The van der Waals surface area contributed by atoms with Crippen molar-refractivity contribution < 1.29 is 9.59 Å². The van der Waals surface area contributed by atoms with Crippen molar-refractivity contribution in [3.05, 3.63) is 65.7 Å². The molecule has 0 aliphatic heterocycles. The number of hydrogen-bond donors (Lipinski definition) is 1. The molecular formula is C21H20N2O2S. The van der Waals surface area contributed by atoms with E-state index in [2.05, 4.69) is 16.5 Å². The standard InChI is InChI=1S/C21H20N2O2S/c1-3-23(2)19-12-11-18(17-9-6-8-16(14-25)21(17)19)22-26-20-10-5-4-7-15(20)13-24/h4-14,22H,3H2,1-2H3. The molecule has 0 saturated carbocycles. The fourth-order valence-electron chi connectivity index (χ4n) is 2.87. The summed E-state index contributed by atoms with van der Waals surface area (Å²) >= 11 is 1.39. The molecule has 3 aromatic rings. The van der Waals surface area contributed by atoms with Crippen molar-refractivity contribution in [3.8, 4) is 0 Å². The minimum Gasteiger partial charge on any atom is -0.374 e. The summed E-state index contributed by atoms with van der Waals surface area (Å²) in [6.45, 7) is 2.92. The van der Waals surface area contributed by atoms with Crippen LogP contribution in [0.4, 0.5) is 11.4 Å². The Hall–Kier alpha value is -2.79. The Morgan fingerprint density at radius 1 is 0.962 bits per heavy atom. The van der Waals surface area contributed by atoms with Gasteiger partial charge in [0.2, 0.25) is 0 Å². The fourth-order valence-corrected chi connectivity index (χ4v) is 3.65. The van der Waals surface area contributed by atoms with Crippen LogP contribution in [0.5, 0.6) is 0 Å². The van der Waals surface area contributed by atoms with Crippen LogP contribution in [0.1, 0.15) is 27.6 Å². The molecule has 0 amide bonds. The van der Waals surface area contributed by atoms with Gasteiger partial charge < -0.3 is 9.62 Å². The summed E-state index contributed by atoms with van der Waals surface area (Å²) in [7, 11) is 2.01. The van der Waals surface area contributed by atoms with Gasteiger partial charge in [0.05, 0.1) is 5.69 Å². The molecule has 0 radical (unpaired) electrons. The van der Waals surface area contributed by atoms with Gasteiger partial charge in [0.1, 0.15) is 0 Å². The van der Waals surface area contributed by atoms with Gasteiger partial charge in [0, 0.05) is 46.1 Å². The molecule has 26 heavy (non-hydrogen) atoms. The first-order chi connectivity index (χ1) is 12.7. The maximum Gasteiger partial charge on any atom is 0.151 e. The molecule has 0 bridgehead atoms. The number of nitrogens with one attached hydrogen (secondary N) is 1. The molecule has 0 aromatic heterocycles. The van der Waals surface area contributed by atoms with Gasteiger partial charge in [-0.25, -0.2) is 0 Å². The summed E-state index contributed by atoms with van der Waals surface area (Å²) in [6.07, 6.45) is 1.75. The molecule has 1 N–H and O–H groups in total. The lowest BCUT2D eigenvalue weighted by Crippen LogP contribution is -2.16. The van der Waals surface area contributed by atoms with Crippen molar-refractivity contribution in [2.24, 2.45) is 0 Å². The first-order valence-electron chi connectivity index (χ1n) is 8.38. The average molecular weight is 364 g/mol. The third kappa shape index (κ3) is 3.44. The van der Waals surface area contributed by atoms with Crippen LogP contribution in [-0.4, -0.2) is 26.2 Å². The van der Waals surface area contributed by atoms with Gasteiger partial charge in [-0.1, -0.05) is 36.4 Å². The van der Waals surface area contributed by atoms with Crippen LogP contribution < -0.4 is 9.62 Å². The number of anilines is 2. The van der Waals surface area contributed by atoms with Gasteiger partial charge >= 0.3 is 0 Å². The van der Waals surface area contributed by atoms with Gasteiger partial charge in [-0.3, -0.25) is 9.59 Å². The van der Waals surface area contributed by atoms with Crippen molar-refractivity contribution in [2.45, 2.75) is 11.8 Å². The Kier molecular flexibility index (Phi) is 5.58. The molecule has 5 heteroatoms. The van der Waals surface area contributed by atoms with E-state index in [4.69, 9.17) is 0 Å². The van der Waals surface area contributed by atoms with Gasteiger partial charge in [0.25, 0.3) is 0 Å². The third-order valence-electron chi connectivity index (χ3n) is 4.38. The number of nitrogens with zero attached hydrogens (tertiary/aromatic N) is 1. The van der Waals surface area contributed by atoms with Crippen LogP contribution in [0.2, 0.25) is 0 Å². The molecule has 0 unspecified atom stereocenters. The topological polar surface area (TPSA) is 49.4 Å². The molecule has 0 aliphatic carbocycles. The number of rotatable bonds is 7. The van der Waals surface area contributed by atoms with E-state index < -0.39 is 0 Å².